The minimum atomic E-state index is -0.987. The minimum absolute atomic E-state index is 0. The Kier molecular flexibility index (Phi) is 14.3. The van der Waals surface area contributed by atoms with Crippen molar-refractivity contribution in [3.63, 3.8) is 0 Å². The average Bonchev–Trinajstić information content (AvgIpc) is 3.59. The Labute approximate surface area is 237 Å². The van der Waals surface area contributed by atoms with Gasteiger partial charge in [0, 0.05) is 12.8 Å². The molecule has 0 radical (unpaired) electrons. The van der Waals surface area contributed by atoms with Crippen LogP contribution in [-0.2, 0) is 14.2 Å². The van der Waals surface area contributed by atoms with Gasteiger partial charge in [-0.1, -0.05) is 0 Å². The number of carboxylic acid groups (broad SMARTS) is 1. The zero-order valence-electron chi connectivity index (χ0n) is 21.4. The molecule has 37 heavy (non-hydrogen) atoms. The van der Waals surface area contributed by atoms with Gasteiger partial charge in [-0.3, -0.25) is 0 Å². The number of benzene rings is 2. The molecular weight excluding hydrogens is 499 g/mol. The molecule has 2 aromatic carbocycles. The van der Waals surface area contributed by atoms with Crippen LogP contribution in [-0.4, -0.2) is 82.5 Å². The summed E-state index contributed by atoms with van der Waals surface area (Å²) in [5, 5.41) is 8.86. The zero-order valence-corrected chi connectivity index (χ0v) is 23.4. The van der Waals surface area contributed by atoms with E-state index < -0.39 is 11.9 Å². The first-order valence-corrected chi connectivity index (χ1v) is 11.1. The Bertz CT molecular complexity index is 1000. The first kappa shape index (κ1) is 32.5. The molecule has 198 valence electrons. The molecule has 4 rings (SSSR count). The van der Waals surface area contributed by atoms with Gasteiger partial charge in [-0.25, -0.2) is 9.59 Å². The van der Waals surface area contributed by atoms with Crippen molar-refractivity contribution in [1.82, 2.24) is 0 Å². The summed E-state index contributed by atoms with van der Waals surface area (Å²) in [5.41, 5.74) is 0.612. The van der Waals surface area contributed by atoms with E-state index in [1.807, 2.05) is 0 Å². The molecule has 2 saturated heterocycles. The molecular formula is C25H31NaO11. The van der Waals surface area contributed by atoms with Gasteiger partial charge in [0.15, 0.2) is 23.0 Å². The maximum atomic E-state index is 11.4. The van der Waals surface area contributed by atoms with Gasteiger partial charge in [0.2, 0.25) is 0 Å². The third kappa shape index (κ3) is 9.37. The van der Waals surface area contributed by atoms with Gasteiger partial charge in [-0.2, -0.15) is 0 Å². The van der Waals surface area contributed by atoms with E-state index in [9.17, 15) is 9.59 Å². The van der Waals surface area contributed by atoms with Gasteiger partial charge in [0.25, 0.3) is 0 Å². The molecule has 2 N–H and O–H groups in total. The molecule has 2 fully saturated rings. The Balaban J connectivity index is 0.000000351. The normalized spacial score (nSPS) is 17.7. The van der Waals surface area contributed by atoms with E-state index in [4.69, 9.17) is 33.5 Å². The van der Waals surface area contributed by atoms with E-state index in [0.717, 1.165) is 12.8 Å². The maximum absolute atomic E-state index is 11.4. The summed E-state index contributed by atoms with van der Waals surface area (Å²) in [6.45, 7) is 2.55. The molecule has 11 nitrogen and oxygen atoms in total. The maximum Gasteiger partial charge on any atom is 1.00 e. The molecule has 2 aliphatic heterocycles. The van der Waals surface area contributed by atoms with Crippen molar-refractivity contribution in [2.45, 2.75) is 25.0 Å². The summed E-state index contributed by atoms with van der Waals surface area (Å²) in [5.74, 6) is 0.721. The Morgan fingerprint density at radius 2 is 1.24 bits per heavy atom. The molecule has 0 amide bonds. The van der Waals surface area contributed by atoms with Gasteiger partial charge in [0.05, 0.1) is 58.9 Å². The summed E-state index contributed by atoms with van der Waals surface area (Å²) in [4.78, 5) is 22.2. The van der Waals surface area contributed by atoms with E-state index in [1.54, 1.807) is 24.3 Å². The van der Waals surface area contributed by atoms with E-state index >= 15 is 0 Å². The monoisotopic (exact) mass is 530 g/mol. The fraction of sp³-hybridized carbons (Fsp3) is 0.440. The number of ether oxygens (including phenoxy) is 7. The molecule has 2 heterocycles. The van der Waals surface area contributed by atoms with Crippen LogP contribution in [0.15, 0.2) is 36.4 Å². The van der Waals surface area contributed by atoms with Crippen LogP contribution in [0.4, 0.5) is 0 Å². The second-order valence-electron chi connectivity index (χ2n) is 7.73. The minimum Gasteiger partial charge on any atom is -0.870 e. The summed E-state index contributed by atoms with van der Waals surface area (Å²) >= 11 is 0. The molecule has 0 saturated carbocycles. The third-order valence-electron chi connectivity index (χ3n) is 5.36. The molecule has 0 aromatic heterocycles. The first-order valence-electron chi connectivity index (χ1n) is 11.1. The number of rotatable bonds is 8. The average molecular weight is 531 g/mol. The number of hydrogen-bond acceptors (Lipinski definition) is 10. The van der Waals surface area contributed by atoms with Crippen molar-refractivity contribution in [3.05, 3.63) is 47.5 Å². The predicted octanol–water partition coefficient (Wildman–Crippen LogP) is 0.0378. The van der Waals surface area contributed by atoms with Crippen LogP contribution in [0, 0.1) is 0 Å². The van der Waals surface area contributed by atoms with Gasteiger partial charge in [0.1, 0.15) is 12.2 Å². The van der Waals surface area contributed by atoms with Crippen molar-refractivity contribution >= 4 is 11.9 Å². The van der Waals surface area contributed by atoms with E-state index in [-0.39, 0.29) is 52.8 Å². The number of carbonyl (C=O) groups is 2. The fourth-order valence-corrected chi connectivity index (χ4v) is 3.48. The van der Waals surface area contributed by atoms with Crippen molar-refractivity contribution in [1.29, 1.82) is 0 Å². The van der Waals surface area contributed by atoms with Crippen molar-refractivity contribution in [2.24, 2.45) is 0 Å². The number of methoxy groups -OCH3 is 3. The molecule has 0 aliphatic carbocycles. The smallest absolute Gasteiger partial charge is 0.870 e. The zero-order chi connectivity index (χ0) is 25.2. The number of carbonyl (C=O) groups excluding carboxylic acids is 1. The fourth-order valence-electron chi connectivity index (χ4n) is 3.48. The summed E-state index contributed by atoms with van der Waals surface area (Å²) in [6, 6.07) is 9.53. The Morgan fingerprint density at radius 1 is 0.784 bits per heavy atom. The van der Waals surface area contributed by atoms with Gasteiger partial charge in [-0.15, -0.1) is 0 Å². The van der Waals surface area contributed by atoms with E-state index in [2.05, 4.69) is 4.74 Å². The summed E-state index contributed by atoms with van der Waals surface area (Å²) in [6.07, 6.45) is 1.76. The van der Waals surface area contributed by atoms with Crippen LogP contribution in [0.25, 0.3) is 0 Å². The number of aromatic carboxylic acids is 1. The molecule has 0 bridgehead atoms. The van der Waals surface area contributed by atoms with Crippen LogP contribution < -0.4 is 48.5 Å². The van der Waals surface area contributed by atoms with Crippen LogP contribution in [0.1, 0.15) is 33.6 Å². The molecule has 0 unspecified atom stereocenters. The van der Waals surface area contributed by atoms with Crippen LogP contribution in [0.5, 0.6) is 23.0 Å². The molecule has 2 aliphatic rings. The third-order valence-corrected chi connectivity index (χ3v) is 5.36. The summed E-state index contributed by atoms with van der Waals surface area (Å²) in [7, 11) is 4.36. The first-order chi connectivity index (χ1) is 16.9. The van der Waals surface area contributed by atoms with Crippen molar-refractivity contribution < 1.29 is 82.9 Å². The SMILES string of the molecule is COC(=O)c1ccc(O[C@@H]2CCOC2)c(OC)c1.COc1cc(C(=O)O)ccc1O[C@@H]1CCOC1.[Na+].[OH-]. The standard InChI is InChI=1S/C13H16O5.C12H14O5.Na.H2O/c1-15-12-7-9(13(14)16-2)3-4-11(12)18-10-5-6-17-8-10;1-15-11-6-8(12(13)14)2-3-10(11)17-9-4-5-16-7-9;;/h3-4,7,10H,5-6,8H2,1-2H3;2-3,6,9H,4-5,7H2,1H3,(H,13,14);;1H2/q;;+1;/p-1/t10-;9-;;/m11../s1. The van der Waals surface area contributed by atoms with Gasteiger partial charge < -0.3 is 43.7 Å². The van der Waals surface area contributed by atoms with E-state index in [1.165, 1.54) is 33.5 Å². The Morgan fingerprint density at radius 3 is 1.62 bits per heavy atom. The van der Waals surface area contributed by atoms with Crippen LogP contribution in [0.2, 0.25) is 0 Å². The second-order valence-corrected chi connectivity index (χ2v) is 7.73. The largest absolute Gasteiger partial charge is 1.00 e. The van der Waals surface area contributed by atoms with Crippen LogP contribution in [0.3, 0.4) is 0 Å². The van der Waals surface area contributed by atoms with E-state index in [0.29, 0.717) is 55.0 Å². The second kappa shape index (κ2) is 16.3. The quantitative estimate of drug-likeness (QED) is 0.364. The van der Waals surface area contributed by atoms with Gasteiger partial charge in [-0.05, 0) is 36.4 Å². The molecule has 2 aromatic rings. The van der Waals surface area contributed by atoms with Crippen molar-refractivity contribution in [2.75, 3.05) is 47.8 Å². The van der Waals surface area contributed by atoms with Crippen molar-refractivity contribution in [3.8, 4) is 23.0 Å². The van der Waals surface area contributed by atoms with Crippen LogP contribution >= 0.6 is 0 Å². The molecule has 12 heteroatoms. The number of carboxylic acids is 1. The summed E-state index contributed by atoms with van der Waals surface area (Å²) < 4.78 is 36.9. The Hall–Kier alpha value is -2.54. The van der Waals surface area contributed by atoms with Gasteiger partial charge >= 0.3 is 41.5 Å². The predicted molar refractivity (Wildman–Crippen MR) is 126 cm³/mol. The number of hydrogen-bond donors (Lipinski definition) is 1. The molecule has 0 spiro atoms. The number of esters is 1. The molecule has 2 atom stereocenters. The topological polar surface area (TPSA) is 149 Å².